The molecule has 0 aliphatic carbocycles. The van der Waals surface area contributed by atoms with Gasteiger partial charge in [-0.1, -0.05) is 12.1 Å². The Morgan fingerprint density at radius 2 is 1.67 bits per heavy atom. The van der Waals surface area contributed by atoms with E-state index in [1.165, 1.54) is 0 Å². The van der Waals surface area contributed by atoms with Crippen LogP contribution in [0.5, 0.6) is 28.7 Å². The standard InChI is InChI=1S/C28H26N2O6/c1-16-9-17(2)11-20(10-16)34-15-26(31)35-19-5-7-21-25(13-19)36-28(30)23(14-29)27(21)22-12-18(32-3)6-8-24(22)33-4/h5-13,27H,15,30H2,1-4H3. The van der Waals surface area contributed by atoms with Gasteiger partial charge >= 0.3 is 5.97 Å². The van der Waals surface area contributed by atoms with Crippen LogP contribution in [0.3, 0.4) is 0 Å². The second-order valence-corrected chi connectivity index (χ2v) is 8.32. The summed E-state index contributed by atoms with van der Waals surface area (Å²) in [5.41, 5.74) is 9.78. The van der Waals surface area contributed by atoms with E-state index in [0.29, 0.717) is 34.1 Å². The van der Waals surface area contributed by atoms with Gasteiger partial charge in [-0.05, 0) is 61.4 Å². The van der Waals surface area contributed by atoms with Gasteiger partial charge in [-0.3, -0.25) is 0 Å². The van der Waals surface area contributed by atoms with Crippen LogP contribution in [-0.4, -0.2) is 26.8 Å². The van der Waals surface area contributed by atoms with Gasteiger partial charge in [0.2, 0.25) is 5.88 Å². The number of benzene rings is 3. The normalized spacial score (nSPS) is 14.2. The number of nitrogens with two attached hydrogens (primary N) is 1. The Hall–Kier alpha value is -4.64. The van der Waals surface area contributed by atoms with Crippen molar-refractivity contribution in [2.45, 2.75) is 19.8 Å². The number of rotatable bonds is 7. The summed E-state index contributed by atoms with van der Waals surface area (Å²) in [6.45, 7) is 3.65. The summed E-state index contributed by atoms with van der Waals surface area (Å²) in [5, 5.41) is 9.85. The Kier molecular flexibility index (Phi) is 7.02. The summed E-state index contributed by atoms with van der Waals surface area (Å²) in [7, 11) is 3.11. The van der Waals surface area contributed by atoms with Crippen LogP contribution in [0.1, 0.15) is 28.2 Å². The molecule has 1 aliphatic heterocycles. The minimum Gasteiger partial charge on any atom is -0.497 e. The first kappa shape index (κ1) is 24.5. The van der Waals surface area contributed by atoms with Gasteiger partial charge in [0, 0.05) is 17.2 Å². The first-order valence-corrected chi connectivity index (χ1v) is 11.2. The van der Waals surface area contributed by atoms with Crippen LogP contribution in [0.15, 0.2) is 66.1 Å². The number of methoxy groups -OCH3 is 2. The molecule has 184 valence electrons. The number of nitrogens with zero attached hydrogens (tertiary/aromatic N) is 1. The maximum Gasteiger partial charge on any atom is 0.349 e. The first-order chi connectivity index (χ1) is 17.3. The van der Waals surface area contributed by atoms with E-state index in [-0.39, 0.29) is 23.8 Å². The highest BCUT2D eigenvalue weighted by Gasteiger charge is 2.33. The van der Waals surface area contributed by atoms with Gasteiger partial charge in [-0.15, -0.1) is 0 Å². The summed E-state index contributed by atoms with van der Waals surface area (Å²) in [5.74, 6) is 1.20. The molecule has 1 atom stereocenters. The molecular weight excluding hydrogens is 460 g/mol. The van der Waals surface area contributed by atoms with Crippen LogP contribution in [0.2, 0.25) is 0 Å². The average molecular weight is 487 g/mol. The fraction of sp³-hybridized carbons (Fsp3) is 0.214. The lowest BCUT2D eigenvalue weighted by Crippen LogP contribution is -2.22. The van der Waals surface area contributed by atoms with Crippen molar-refractivity contribution in [2.24, 2.45) is 5.73 Å². The quantitative estimate of drug-likeness (QED) is 0.383. The number of carbonyl (C=O) groups is 1. The molecule has 0 bridgehead atoms. The van der Waals surface area contributed by atoms with E-state index in [1.807, 2.05) is 32.0 Å². The highest BCUT2D eigenvalue weighted by molar-refractivity contribution is 5.74. The third-order valence-corrected chi connectivity index (χ3v) is 5.72. The van der Waals surface area contributed by atoms with E-state index in [1.54, 1.807) is 50.6 Å². The van der Waals surface area contributed by atoms with Gasteiger partial charge in [0.25, 0.3) is 0 Å². The van der Waals surface area contributed by atoms with Crippen molar-refractivity contribution >= 4 is 5.97 Å². The molecule has 36 heavy (non-hydrogen) atoms. The van der Waals surface area contributed by atoms with E-state index >= 15 is 0 Å². The van der Waals surface area contributed by atoms with Crippen molar-refractivity contribution in [2.75, 3.05) is 20.8 Å². The van der Waals surface area contributed by atoms with Gasteiger partial charge in [0.1, 0.15) is 40.4 Å². The van der Waals surface area contributed by atoms with Gasteiger partial charge < -0.3 is 29.4 Å². The van der Waals surface area contributed by atoms with E-state index in [0.717, 1.165) is 11.1 Å². The van der Waals surface area contributed by atoms with Gasteiger partial charge in [0.05, 0.1) is 20.1 Å². The summed E-state index contributed by atoms with van der Waals surface area (Å²) < 4.78 is 27.7. The summed E-state index contributed by atoms with van der Waals surface area (Å²) in [6, 6.07) is 18.1. The van der Waals surface area contributed by atoms with Crippen molar-refractivity contribution in [3.63, 3.8) is 0 Å². The van der Waals surface area contributed by atoms with Crippen molar-refractivity contribution < 1.29 is 28.5 Å². The molecule has 4 rings (SSSR count). The number of ether oxygens (including phenoxy) is 5. The van der Waals surface area contributed by atoms with Crippen LogP contribution in [0.25, 0.3) is 0 Å². The molecule has 2 N–H and O–H groups in total. The predicted octanol–water partition coefficient (Wildman–Crippen LogP) is 4.52. The predicted molar refractivity (Wildman–Crippen MR) is 132 cm³/mol. The number of allylic oxidation sites excluding steroid dienone is 1. The average Bonchev–Trinajstić information content (AvgIpc) is 2.85. The second kappa shape index (κ2) is 10.3. The lowest BCUT2D eigenvalue weighted by molar-refractivity contribution is -0.136. The lowest BCUT2D eigenvalue weighted by atomic mass is 9.83. The molecule has 0 saturated carbocycles. The maximum atomic E-state index is 12.4. The zero-order chi connectivity index (χ0) is 25.8. The Balaban J connectivity index is 1.60. The number of nitriles is 1. The molecule has 1 aliphatic rings. The zero-order valence-corrected chi connectivity index (χ0v) is 20.5. The molecule has 0 spiro atoms. The third kappa shape index (κ3) is 5.05. The fourth-order valence-electron chi connectivity index (χ4n) is 4.20. The Bertz CT molecular complexity index is 1370. The number of hydrogen-bond acceptors (Lipinski definition) is 8. The first-order valence-electron chi connectivity index (χ1n) is 11.2. The smallest absolute Gasteiger partial charge is 0.349 e. The topological polar surface area (TPSA) is 113 Å². The molecule has 0 amide bonds. The monoisotopic (exact) mass is 486 g/mol. The van der Waals surface area contributed by atoms with Crippen molar-refractivity contribution in [3.05, 3.63) is 88.3 Å². The zero-order valence-electron chi connectivity index (χ0n) is 20.5. The molecule has 0 radical (unpaired) electrons. The minimum atomic E-state index is -0.572. The lowest BCUT2D eigenvalue weighted by Gasteiger charge is -2.28. The summed E-state index contributed by atoms with van der Waals surface area (Å²) in [4.78, 5) is 12.4. The van der Waals surface area contributed by atoms with Crippen molar-refractivity contribution in [1.29, 1.82) is 5.26 Å². The summed E-state index contributed by atoms with van der Waals surface area (Å²) >= 11 is 0. The number of hydrogen-bond donors (Lipinski definition) is 1. The van der Waals surface area contributed by atoms with E-state index < -0.39 is 11.9 Å². The highest BCUT2D eigenvalue weighted by Crippen LogP contribution is 2.46. The van der Waals surface area contributed by atoms with E-state index in [9.17, 15) is 10.1 Å². The number of aryl methyl sites for hydroxylation is 2. The van der Waals surface area contributed by atoms with Crippen LogP contribution in [0, 0.1) is 25.2 Å². The molecule has 8 nitrogen and oxygen atoms in total. The molecule has 0 aromatic heterocycles. The Morgan fingerprint density at radius 1 is 0.944 bits per heavy atom. The minimum absolute atomic E-state index is 0.0403. The molecule has 1 unspecified atom stereocenters. The third-order valence-electron chi connectivity index (χ3n) is 5.72. The molecule has 0 fully saturated rings. The Morgan fingerprint density at radius 3 is 2.33 bits per heavy atom. The molecule has 0 saturated heterocycles. The number of fused-ring (bicyclic) bond motifs is 1. The van der Waals surface area contributed by atoms with Crippen LogP contribution < -0.4 is 29.4 Å². The van der Waals surface area contributed by atoms with Crippen LogP contribution >= 0.6 is 0 Å². The van der Waals surface area contributed by atoms with E-state index in [4.69, 9.17) is 29.4 Å². The van der Waals surface area contributed by atoms with Gasteiger partial charge in [-0.25, -0.2) is 4.79 Å². The highest BCUT2D eigenvalue weighted by atomic mass is 16.6. The molecule has 3 aromatic rings. The van der Waals surface area contributed by atoms with Crippen molar-refractivity contribution in [3.8, 4) is 34.8 Å². The maximum absolute atomic E-state index is 12.4. The molecule has 3 aromatic carbocycles. The number of esters is 1. The molecule has 1 heterocycles. The largest absolute Gasteiger partial charge is 0.497 e. The van der Waals surface area contributed by atoms with Gasteiger partial charge in [0.15, 0.2) is 6.61 Å². The SMILES string of the molecule is COc1ccc(OC)c(C2C(C#N)=C(N)Oc3cc(OC(=O)COc4cc(C)cc(C)c4)ccc32)c1. The van der Waals surface area contributed by atoms with E-state index in [2.05, 4.69) is 6.07 Å². The fourth-order valence-corrected chi connectivity index (χ4v) is 4.20. The second-order valence-electron chi connectivity index (χ2n) is 8.32. The number of carbonyl (C=O) groups excluding carboxylic acids is 1. The molecule has 8 heteroatoms. The van der Waals surface area contributed by atoms with Crippen molar-refractivity contribution in [1.82, 2.24) is 0 Å². The Labute approximate surface area is 209 Å². The van der Waals surface area contributed by atoms with Crippen LogP contribution in [-0.2, 0) is 4.79 Å². The van der Waals surface area contributed by atoms with Gasteiger partial charge in [-0.2, -0.15) is 5.26 Å². The summed E-state index contributed by atoms with van der Waals surface area (Å²) in [6.07, 6.45) is 0. The van der Waals surface area contributed by atoms with Crippen LogP contribution in [0.4, 0.5) is 0 Å². The molecular formula is C28H26N2O6.